The Morgan fingerprint density at radius 1 is 1.13 bits per heavy atom. The van der Waals surface area contributed by atoms with Gasteiger partial charge in [0.1, 0.15) is 5.82 Å². The van der Waals surface area contributed by atoms with Gasteiger partial charge in [-0.05, 0) is 80.3 Å². The van der Waals surface area contributed by atoms with E-state index in [1.807, 2.05) is 18.2 Å². The Labute approximate surface area is 185 Å². The molecule has 2 fully saturated rings. The molecule has 9 heteroatoms. The minimum absolute atomic E-state index is 0.197. The van der Waals surface area contributed by atoms with Crippen molar-refractivity contribution >= 4 is 28.9 Å². The lowest BCUT2D eigenvalue weighted by atomic mass is 9.91. The molecular weight excluding hydrogens is 417 g/mol. The summed E-state index contributed by atoms with van der Waals surface area (Å²) in [5, 5.41) is 12.2. The van der Waals surface area contributed by atoms with Crippen LogP contribution < -0.4 is 21.3 Å². The lowest BCUT2D eigenvalue weighted by molar-refractivity contribution is -0.115. The van der Waals surface area contributed by atoms with Gasteiger partial charge in [0.15, 0.2) is 5.96 Å². The summed E-state index contributed by atoms with van der Waals surface area (Å²) in [6.07, 6.45) is 8.68. The summed E-state index contributed by atoms with van der Waals surface area (Å²) in [5.74, 6) is 0.137. The van der Waals surface area contributed by atoms with Gasteiger partial charge in [0.2, 0.25) is 0 Å². The molecule has 3 aliphatic rings. The molecule has 4 rings (SSSR count). The number of amides is 2. The molecule has 0 aromatic heterocycles. The largest absolute Gasteiger partial charge is 0.353 e. The molecule has 2 heterocycles. The third-order valence-electron chi connectivity index (χ3n) is 5.57. The third kappa shape index (κ3) is 6.18. The Kier molecular flexibility index (Phi) is 7.03. The van der Waals surface area contributed by atoms with Crippen LogP contribution in [0.25, 0.3) is 0 Å². The van der Waals surface area contributed by atoms with Gasteiger partial charge >= 0.3 is 0 Å². The number of imide groups is 1. The van der Waals surface area contributed by atoms with Gasteiger partial charge in [-0.25, -0.2) is 9.38 Å². The van der Waals surface area contributed by atoms with E-state index in [9.17, 15) is 14.0 Å². The molecule has 1 aromatic rings. The second-order valence-electron chi connectivity index (χ2n) is 7.85. The Balaban J connectivity index is 1.20. The van der Waals surface area contributed by atoms with E-state index < -0.39 is 0 Å². The minimum Gasteiger partial charge on any atom is -0.353 e. The van der Waals surface area contributed by atoms with Crippen LogP contribution >= 0.6 is 11.8 Å². The van der Waals surface area contributed by atoms with Gasteiger partial charge < -0.3 is 16.0 Å². The molecule has 1 saturated heterocycles. The fourth-order valence-corrected chi connectivity index (χ4v) is 4.57. The van der Waals surface area contributed by atoms with Crippen molar-refractivity contribution in [3.63, 3.8) is 0 Å². The van der Waals surface area contributed by atoms with Gasteiger partial charge in [0.05, 0.1) is 10.6 Å². The molecule has 1 saturated carbocycles. The lowest BCUT2D eigenvalue weighted by Gasteiger charge is -2.31. The first-order valence-corrected chi connectivity index (χ1v) is 11.4. The summed E-state index contributed by atoms with van der Waals surface area (Å²) < 4.78 is 13.0. The highest BCUT2D eigenvalue weighted by Crippen LogP contribution is 2.25. The topological polar surface area (TPSA) is 94.6 Å². The van der Waals surface area contributed by atoms with Crippen LogP contribution in [0.15, 0.2) is 52.0 Å². The molecule has 2 aliphatic heterocycles. The van der Waals surface area contributed by atoms with Crippen LogP contribution in [-0.2, 0) is 11.2 Å². The van der Waals surface area contributed by atoms with Crippen molar-refractivity contribution < 1.29 is 14.0 Å². The summed E-state index contributed by atoms with van der Waals surface area (Å²) in [6, 6.07) is 7.53. The maximum Gasteiger partial charge on any atom is 0.290 e. The summed E-state index contributed by atoms with van der Waals surface area (Å²) in [5.41, 5.74) is 1.81. The molecule has 0 bridgehead atoms. The van der Waals surface area contributed by atoms with Crippen molar-refractivity contribution in [1.82, 2.24) is 21.3 Å². The number of carbonyl (C=O) groups is 2. The van der Waals surface area contributed by atoms with E-state index in [1.165, 1.54) is 12.1 Å². The van der Waals surface area contributed by atoms with Gasteiger partial charge in [-0.15, -0.1) is 0 Å². The molecule has 0 spiro atoms. The van der Waals surface area contributed by atoms with Crippen LogP contribution in [0.5, 0.6) is 0 Å². The van der Waals surface area contributed by atoms with E-state index in [-0.39, 0.29) is 17.0 Å². The number of thioether (sulfide) groups is 1. The molecule has 164 valence electrons. The molecular formula is C22H26FN5O2S. The monoisotopic (exact) mass is 443 g/mol. The van der Waals surface area contributed by atoms with E-state index in [0.717, 1.165) is 56.0 Å². The van der Waals surface area contributed by atoms with Crippen LogP contribution in [0.4, 0.5) is 9.18 Å². The Hall–Kier alpha value is -2.65. The average molecular weight is 444 g/mol. The summed E-state index contributed by atoms with van der Waals surface area (Å²) >= 11 is 0.897. The summed E-state index contributed by atoms with van der Waals surface area (Å²) in [4.78, 5) is 27.9. The number of aliphatic imine (C=N–C) groups is 1. The number of carbonyl (C=O) groups excluding carboxylic acids is 2. The fraction of sp³-hybridized carbons (Fsp3) is 0.409. The van der Waals surface area contributed by atoms with Gasteiger partial charge in [-0.3, -0.25) is 14.9 Å². The Morgan fingerprint density at radius 2 is 1.87 bits per heavy atom. The smallest absolute Gasteiger partial charge is 0.290 e. The zero-order valence-electron chi connectivity index (χ0n) is 17.1. The highest BCUT2D eigenvalue weighted by atomic mass is 32.2. The van der Waals surface area contributed by atoms with E-state index in [2.05, 4.69) is 26.3 Å². The van der Waals surface area contributed by atoms with Gasteiger partial charge in [-0.1, -0.05) is 12.1 Å². The summed E-state index contributed by atoms with van der Waals surface area (Å²) in [7, 11) is 0. The number of nitrogens with one attached hydrogen (secondary N) is 4. The maximum atomic E-state index is 13.0. The number of hydrogen-bond acceptors (Lipinski definition) is 7. The van der Waals surface area contributed by atoms with Crippen molar-refractivity contribution in [3.8, 4) is 0 Å². The highest BCUT2D eigenvalue weighted by Gasteiger charge is 2.26. The molecule has 0 unspecified atom stereocenters. The SMILES string of the molecule is O=C1NC(=O)/C(=C/C2=CCNC(N[C@H]3CC[C@H](NCCc4ccc(F)cc4)CC3)=N2)S1. The molecule has 0 radical (unpaired) electrons. The molecule has 2 amide bonds. The van der Waals surface area contributed by atoms with E-state index in [1.54, 1.807) is 6.08 Å². The number of nitrogens with zero attached hydrogens (tertiary/aromatic N) is 1. The number of guanidine groups is 1. The number of hydrogen-bond donors (Lipinski definition) is 4. The quantitative estimate of drug-likeness (QED) is 0.505. The second kappa shape index (κ2) is 10.1. The van der Waals surface area contributed by atoms with Gasteiger partial charge in [0.25, 0.3) is 11.1 Å². The maximum absolute atomic E-state index is 13.0. The average Bonchev–Trinajstić information content (AvgIpc) is 3.07. The van der Waals surface area contributed by atoms with Gasteiger partial charge in [0, 0.05) is 18.6 Å². The zero-order chi connectivity index (χ0) is 21.6. The fourth-order valence-electron chi connectivity index (χ4n) is 3.90. The molecule has 4 N–H and O–H groups in total. The standard InChI is InChI=1S/C22H26FN5O2S/c23-15-3-1-14(2-4-15)9-11-24-16-5-7-17(8-6-16)26-21-25-12-10-18(27-21)13-19-20(29)28-22(30)31-19/h1-4,10,13,16-17,24H,5-9,11-12H2,(H2,25,26,27)(H,28,29,30)/b19-13-/t16-,17-. The zero-order valence-corrected chi connectivity index (χ0v) is 17.9. The number of benzene rings is 1. The second-order valence-corrected chi connectivity index (χ2v) is 8.86. The highest BCUT2D eigenvalue weighted by molar-refractivity contribution is 8.18. The predicted molar refractivity (Wildman–Crippen MR) is 120 cm³/mol. The van der Waals surface area contributed by atoms with Crippen molar-refractivity contribution in [3.05, 3.63) is 58.4 Å². The van der Waals surface area contributed by atoms with Crippen LogP contribution in [0.1, 0.15) is 31.2 Å². The normalized spacial score (nSPS) is 25.0. The first-order valence-electron chi connectivity index (χ1n) is 10.6. The first-order chi connectivity index (χ1) is 15.0. The van der Waals surface area contributed by atoms with Crippen LogP contribution in [0.2, 0.25) is 0 Å². The van der Waals surface area contributed by atoms with Crippen LogP contribution in [-0.4, -0.2) is 42.3 Å². The number of allylic oxidation sites excluding steroid dienone is 1. The third-order valence-corrected chi connectivity index (χ3v) is 6.38. The van der Waals surface area contributed by atoms with E-state index in [0.29, 0.717) is 35.2 Å². The predicted octanol–water partition coefficient (Wildman–Crippen LogP) is 2.57. The van der Waals surface area contributed by atoms with E-state index in [4.69, 9.17) is 0 Å². The molecule has 31 heavy (non-hydrogen) atoms. The van der Waals surface area contributed by atoms with Crippen LogP contribution in [0.3, 0.4) is 0 Å². The van der Waals surface area contributed by atoms with Gasteiger partial charge in [-0.2, -0.15) is 0 Å². The lowest BCUT2D eigenvalue weighted by Crippen LogP contribution is -2.47. The number of rotatable bonds is 6. The Bertz CT molecular complexity index is 920. The summed E-state index contributed by atoms with van der Waals surface area (Å²) in [6.45, 7) is 1.50. The van der Waals surface area contributed by atoms with Crippen LogP contribution in [0, 0.1) is 5.82 Å². The molecule has 1 aliphatic carbocycles. The van der Waals surface area contributed by atoms with Crippen molar-refractivity contribution in [2.75, 3.05) is 13.1 Å². The first kappa shape index (κ1) is 21.6. The van der Waals surface area contributed by atoms with Crippen molar-refractivity contribution in [1.29, 1.82) is 0 Å². The number of halogens is 1. The minimum atomic E-state index is -0.371. The Morgan fingerprint density at radius 3 is 2.58 bits per heavy atom. The molecule has 1 aromatic carbocycles. The molecule has 0 atom stereocenters. The van der Waals surface area contributed by atoms with Crippen molar-refractivity contribution in [2.24, 2.45) is 4.99 Å². The molecule has 7 nitrogen and oxygen atoms in total. The van der Waals surface area contributed by atoms with Crippen molar-refractivity contribution in [2.45, 2.75) is 44.2 Å². The van der Waals surface area contributed by atoms with E-state index >= 15 is 0 Å².